The Labute approximate surface area is 196 Å². The van der Waals surface area contributed by atoms with Crippen LogP contribution in [0.2, 0.25) is 0 Å². The summed E-state index contributed by atoms with van der Waals surface area (Å²) in [6.45, 7) is 5.30. The van der Waals surface area contributed by atoms with Crippen molar-refractivity contribution in [3.63, 3.8) is 0 Å². The maximum atomic E-state index is 13.1. The van der Waals surface area contributed by atoms with Gasteiger partial charge in [0, 0.05) is 24.3 Å². The third-order valence-corrected chi connectivity index (χ3v) is 6.60. The topological polar surface area (TPSA) is 80.1 Å². The van der Waals surface area contributed by atoms with Crippen LogP contribution in [0.15, 0.2) is 53.7 Å². The summed E-state index contributed by atoms with van der Waals surface area (Å²) in [7, 11) is 0. The second kappa shape index (κ2) is 10.2. The molecule has 1 aliphatic rings. The van der Waals surface area contributed by atoms with Crippen LogP contribution in [0.3, 0.4) is 0 Å². The molecule has 0 radical (unpaired) electrons. The quantitative estimate of drug-likeness (QED) is 0.519. The second-order valence-electron chi connectivity index (χ2n) is 7.95. The van der Waals surface area contributed by atoms with E-state index in [0.717, 1.165) is 24.2 Å². The van der Waals surface area contributed by atoms with Crippen LogP contribution < -0.4 is 5.32 Å². The number of anilines is 1. The minimum atomic E-state index is -0.354. The van der Waals surface area contributed by atoms with E-state index in [2.05, 4.69) is 15.5 Å². The first kappa shape index (κ1) is 23.0. The Kier molecular flexibility index (Phi) is 7.08. The van der Waals surface area contributed by atoms with Gasteiger partial charge in [-0.15, -0.1) is 10.2 Å². The SMILES string of the molecule is CCn1c(SCC(=O)Nc2ccc(F)cc2)nnc1C1CCCN1C(=O)c1ccc(C)cc1. The molecule has 1 aromatic heterocycles. The molecule has 1 fully saturated rings. The van der Waals surface area contributed by atoms with Crippen molar-refractivity contribution < 1.29 is 14.0 Å². The average molecular weight is 468 g/mol. The second-order valence-corrected chi connectivity index (χ2v) is 8.89. The van der Waals surface area contributed by atoms with Gasteiger partial charge in [0.1, 0.15) is 5.82 Å². The number of benzene rings is 2. The molecule has 7 nitrogen and oxygen atoms in total. The van der Waals surface area contributed by atoms with Gasteiger partial charge in [-0.2, -0.15) is 0 Å². The van der Waals surface area contributed by atoms with Crippen LogP contribution in [0, 0.1) is 12.7 Å². The Balaban J connectivity index is 1.45. The molecule has 0 spiro atoms. The first-order valence-electron chi connectivity index (χ1n) is 10.9. The number of carbonyl (C=O) groups is 2. The van der Waals surface area contributed by atoms with Crippen LogP contribution in [0.1, 0.15) is 47.6 Å². The first-order valence-corrected chi connectivity index (χ1v) is 11.9. The van der Waals surface area contributed by atoms with Gasteiger partial charge in [0.05, 0.1) is 11.8 Å². The zero-order chi connectivity index (χ0) is 23.4. The highest BCUT2D eigenvalue weighted by atomic mass is 32.2. The number of aromatic nitrogens is 3. The molecule has 172 valence electrons. The lowest BCUT2D eigenvalue weighted by Crippen LogP contribution is -2.32. The lowest BCUT2D eigenvalue weighted by Gasteiger charge is -2.24. The smallest absolute Gasteiger partial charge is 0.254 e. The van der Waals surface area contributed by atoms with Crippen molar-refractivity contribution in [3.8, 4) is 0 Å². The molecule has 1 N–H and O–H groups in total. The predicted molar refractivity (Wildman–Crippen MR) is 126 cm³/mol. The van der Waals surface area contributed by atoms with E-state index < -0.39 is 0 Å². The Morgan fingerprint density at radius 1 is 1.12 bits per heavy atom. The third kappa shape index (κ3) is 5.24. The molecule has 0 aliphatic carbocycles. The highest BCUT2D eigenvalue weighted by Crippen LogP contribution is 2.34. The Hall–Kier alpha value is -3.20. The Morgan fingerprint density at radius 3 is 2.55 bits per heavy atom. The van der Waals surface area contributed by atoms with Crippen LogP contribution in [0.5, 0.6) is 0 Å². The molecular formula is C24H26FN5O2S. The van der Waals surface area contributed by atoms with Crippen LogP contribution in [-0.2, 0) is 11.3 Å². The molecule has 2 aromatic carbocycles. The number of halogens is 1. The highest BCUT2D eigenvalue weighted by molar-refractivity contribution is 7.99. The molecule has 0 saturated carbocycles. The lowest BCUT2D eigenvalue weighted by molar-refractivity contribution is -0.113. The van der Waals surface area contributed by atoms with Crippen molar-refractivity contribution in [2.45, 2.75) is 44.4 Å². The van der Waals surface area contributed by atoms with Gasteiger partial charge in [-0.1, -0.05) is 29.5 Å². The van der Waals surface area contributed by atoms with E-state index in [4.69, 9.17) is 0 Å². The van der Waals surface area contributed by atoms with Crippen molar-refractivity contribution in [3.05, 3.63) is 71.3 Å². The van der Waals surface area contributed by atoms with E-state index in [-0.39, 0.29) is 29.4 Å². The third-order valence-electron chi connectivity index (χ3n) is 5.63. The molecular weight excluding hydrogens is 441 g/mol. The van der Waals surface area contributed by atoms with Crippen molar-refractivity contribution in [1.82, 2.24) is 19.7 Å². The van der Waals surface area contributed by atoms with E-state index >= 15 is 0 Å². The monoisotopic (exact) mass is 467 g/mol. The first-order chi connectivity index (χ1) is 16.0. The summed E-state index contributed by atoms with van der Waals surface area (Å²) < 4.78 is 15.0. The summed E-state index contributed by atoms with van der Waals surface area (Å²) in [6, 6.07) is 13.1. The molecule has 1 saturated heterocycles. The molecule has 3 aromatic rings. The summed E-state index contributed by atoms with van der Waals surface area (Å²) >= 11 is 1.29. The van der Waals surface area contributed by atoms with Gasteiger partial charge >= 0.3 is 0 Å². The number of amides is 2. The Bertz CT molecular complexity index is 1130. The zero-order valence-corrected chi connectivity index (χ0v) is 19.4. The van der Waals surface area contributed by atoms with Crippen LogP contribution >= 0.6 is 11.8 Å². The molecule has 9 heteroatoms. The van der Waals surface area contributed by atoms with Gasteiger partial charge < -0.3 is 14.8 Å². The fraction of sp³-hybridized carbons (Fsp3) is 0.333. The van der Waals surface area contributed by atoms with Crippen LogP contribution in [0.25, 0.3) is 0 Å². The van der Waals surface area contributed by atoms with Gasteiger partial charge in [0.15, 0.2) is 11.0 Å². The largest absolute Gasteiger partial charge is 0.328 e. The highest BCUT2D eigenvalue weighted by Gasteiger charge is 2.34. The fourth-order valence-corrected chi connectivity index (χ4v) is 4.76. The average Bonchev–Trinajstić information content (AvgIpc) is 3.45. The number of hydrogen-bond donors (Lipinski definition) is 1. The molecule has 4 rings (SSSR count). The number of nitrogens with zero attached hydrogens (tertiary/aromatic N) is 4. The van der Waals surface area contributed by atoms with E-state index in [1.54, 1.807) is 0 Å². The number of nitrogens with one attached hydrogen (secondary N) is 1. The van der Waals surface area contributed by atoms with Gasteiger partial charge in [0.2, 0.25) is 5.91 Å². The van der Waals surface area contributed by atoms with Crippen molar-refractivity contribution in [2.24, 2.45) is 0 Å². The minimum absolute atomic E-state index is 0.00367. The molecule has 0 bridgehead atoms. The number of thioether (sulfide) groups is 1. The number of rotatable bonds is 7. The maximum absolute atomic E-state index is 13.1. The van der Waals surface area contributed by atoms with Crippen molar-refractivity contribution in [2.75, 3.05) is 17.6 Å². The molecule has 2 amide bonds. The standard InChI is InChI=1S/C24H26FN5O2S/c1-3-29-22(20-5-4-14-30(20)23(32)17-8-6-16(2)7-9-17)27-28-24(29)33-15-21(31)26-19-12-10-18(25)11-13-19/h6-13,20H,3-5,14-15H2,1-2H3,(H,26,31). The van der Waals surface area contributed by atoms with Gasteiger partial charge in [-0.25, -0.2) is 4.39 Å². The minimum Gasteiger partial charge on any atom is -0.328 e. The zero-order valence-electron chi connectivity index (χ0n) is 18.6. The van der Waals surface area contributed by atoms with E-state index in [1.807, 2.05) is 47.6 Å². The number of carbonyl (C=O) groups excluding carboxylic acids is 2. The number of hydrogen-bond acceptors (Lipinski definition) is 5. The fourth-order valence-electron chi connectivity index (χ4n) is 3.95. The van der Waals surface area contributed by atoms with Crippen molar-refractivity contribution in [1.29, 1.82) is 0 Å². The van der Waals surface area contributed by atoms with E-state index in [1.165, 1.54) is 36.0 Å². The maximum Gasteiger partial charge on any atom is 0.254 e. The molecule has 33 heavy (non-hydrogen) atoms. The number of aryl methyl sites for hydroxylation is 1. The number of likely N-dealkylation sites (tertiary alicyclic amines) is 1. The lowest BCUT2D eigenvalue weighted by atomic mass is 10.1. The summed E-state index contributed by atoms with van der Waals surface area (Å²) in [6.07, 6.45) is 1.73. The van der Waals surface area contributed by atoms with E-state index in [0.29, 0.717) is 29.5 Å². The Morgan fingerprint density at radius 2 is 1.85 bits per heavy atom. The summed E-state index contributed by atoms with van der Waals surface area (Å²) in [5.74, 6) is 0.322. The van der Waals surface area contributed by atoms with Crippen LogP contribution in [0.4, 0.5) is 10.1 Å². The molecule has 1 atom stereocenters. The molecule has 1 unspecified atom stereocenters. The summed E-state index contributed by atoms with van der Waals surface area (Å²) in [5.41, 5.74) is 2.32. The van der Waals surface area contributed by atoms with Crippen LogP contribution in [-0.4, -0.2) is 43.8 Å². The van der Waals surface area contributed by atoms with Gasteiger partial charge in [0.25, 0.3) is 5.91 Å². The summed E-state index contributed by atoms with van der Waals surface area (Å²) in [4.78, 5) is 27.3. The summed E-state index contributed by atoms with van der Waals surface area (Å²) in [5, 5.41) is 12.1. The molecule has 2 heterocycles. The predicted octanol–water partition coefficient (Wildman–Crippen LogP) is 4.45. The van der Waals surface area contributed by atoms with Gasteiger partial charge in [-0.05, 0) is 63.1 Å². The van der Waals surface area contributed by atoms with Gasteiger partial charge in [-0.3, -0.25) is 9.59 Å². The molecule has 1 aliphatic heterocycles. The van der Waals surface area contributed by atoms with Crippen molar-refractivity contribution >= 4 is 29.3 Å². The normalized spacial score (nSPS) is 15.6. The van der Waals surface area contributed by atoms with E-state index in [9.17, 15) is 14.0 Å².